The average Bonchev–Trinajstić information content (AvgIpc) is 2.63. The zero-order valence-corrected chi connectivity index (χ0v) is 14.7. The normalized spacial score (nSPS) is 10.2. The Hall–Kier alpha value is -3.41. The molecule has 3 rings (SSSR count). The first-order valence-electron chi connectivity index (χ1n) is 8.36. The van der Waals surface area contributed by atoms with Gasteiger partial charge in [0, 0.05) is 23.1 Å². The number of aryl methyl sites for hydroxylation is 1. The van der Waals surface area contributed by atoms with E-state index in [4.69, 9.17) is 4.74 Å². The first-order valence-corrected chi connectivity index (χ1v) is 8.36. The van der Waals surface area contributed by atoms with Gasteiger partial charge in [0.05, 0.1) is 12.2 Å². The minimum Gasteiger partial charge on any atom is -0.462 e. The number of aromatic nitrogens is 2. The van der Waals surface area contributed by atoms with Crippen LogP contribution in [0.15, 0.2) is 60.7 Å². The van der Waals surface area contributed by atoms with Crippen LogP contribution in [0.5, 0.6) is 0 Å². The van der Waals surface area contributed by atoms with Gasteiger partial charge in [-0.05, 0) is 50.2 Å². The van der Waals surface area contributed by atoms with Gasteiger partial charge >= 0.3 is 5.97 Å². The summed E-state index contributed by atoms with van der Waals surface area (Å²) in [5.41, 5.74) is 3.09. The van der Waals surface area contributed by atoms with Crippen LogP contribution in [0.2, 0.25) is 0 Å². The van der Waals surface area contributed by atoms with Crippen LogP contribution in [0.1, 0.15) is 23.0 Å². The van der Waals surface area contributed by atoms with E-state index in [2.05, 4.69) is 20.6 Å². The number of para-hydroxylation sites is 1. The van der Waals surface area contributed by atoms with E-state index in [0.29, 0.717) is 23.9 Å². The summed E-state index contributed by atoms with van der Waals surface area (Å²) in [6, 6.07) is 18.7. The number of nitrogens with zero attached hydrogens (tertiary/aromatic N) is 2. The van der Waals surface area contributed by atoms with E-state index in [0.717, 1.165) is 17.1 Å². The van der Waals surface area contributed by atoms with Crippen LogP contribution < -0.4 is 10.6 Å². The average molecular weight is 348 g/mol. The van der Waals surface area contributed by atoms with Gasteiger partial charge in [0.1, 0.15) is 5.82 Å². The molecule has 0 fully saturated rings. The lowest BCUT2D eigenvalue weighted by Gasteiger charge is -2.10. The van der Waals surface area contributed by atoms with Crippen molar-refractivity contribution < 1.29 is 9.53 Å². The standard InChI is InChI=1S/C20H20N4O2/c1-3-26-19(25)15-9-11-17(12-10-15)23-20-21-14(2)13-18(24-20)22-16-7-5-4-6-8-16/h4-13H,3H2,1-2H3,(H2,21,22,23,24). The predicted molar refractivity (Wildman–Crippen MR) is 102 cm³/mol. The Labute approximate surface area is 152 Å². The lowest BCUT2D eigenvalue weighted by molar-refractivity contribution is 0.0526. The summed E-state index contributed by atoms with van der Waals surface area (Å²) >= 11 is 0. The highest BCUT2D eigenvalue weighted by molar-refractivity contribution is 5.89. The highest BCUT2D eigenvalue weighted by atomic mass is 16.5. The maximum atomic E-state index is 11.7. The Morgan fingerprint density at radius 3 is 2.35 bits per heavy atom. The summed E-state index contributed by atoms with van der Waals surface area (Å²) in [7, 11) is 0. The second-order valence-electron chi connectivity index (χ2n) is 5.63. The van der Waals surface area contributed by atoms with Crippen molar-refractivity contribution in [1.29, 1.82) is 0 Å². The molecule has 0 saturated heterocycles. The molecule has 0 aliphatic rings. The second-order valence-corrected chi connectivity index (χ2v) is 5.63. The maximum Gasteiger partial charge on any atom is 0.338 e. The molecule has 0 aliphatic heterocycles. The molecule has 3 aromatic rings. The Kier molecular flexibility index (Phi) is 5.43. The molecule has 0 bridgehead atoms. The van der Waals surface area contributed by atoms with Crippen LogP contribution in [0.4, 0.5) is 23.1 Å². The fourth-order valence-electron chi connectivity index (χ4n) is 2.39. The van der Waals surface area contributed by atoms with Crippen LogP contribution in [-0.2, 0) is 4.74 Å². The minimum atomic E-state index is -0.333. The highest BCUT2D eigenvalue weighted by Gasteiger charge is 2.07. The Balaban J connectivity index is 1.74. The predicted octanol–water partition coefficient (Wildman–Crippen LogP) is 4.45. The minimum absolute atomic E-state index is 0.333. The number of hydrogen-bond acceptors (Lipinski definition) is 6. The van der Waals surface area contributed by atoms with E-state index >= 15 is 0 Å². The molecule has 1 aromatic heterocycles. The molecular formula is C20H20N4O2. The third kappa shape index (κ3) is 4.57. The van der Waals surface area contributed by atoms with E-state index < -0.39 is 0 Å². The summed E-state index contributed by atoms with van der Waals surface area (Å²) in [4.78, 5) is 20.6. The number of hydrogen-bond donors (Lipinski definition) is 2. The maximum absolute atomic E-state index is 11.7. The van der Waals surface area contributed by atoms with Gasteiger partial charge < -0.3 is 15.4 Å². The number of carbonyl (C=O) groups excluding carboxylic acids is 1. The van der Waals surface area contributed by atoms with Crippen LogP contribution in [0, 0.1) is 6.92 Å². The Morgan fingerprint density at radius 1 is 0.962 bits per heavy atom. The number of rotatable bonds is 6. The molecule has 0 aliphatic carbocycles. The summed E-state index contributed by atoms with van der Waals surface area (Å²) in [6.45, 7) is 4.05. The molecule has 0 spiro atoms. The lowest BCUT2D eigenvalue weighted by atomic mass is 10.2. The number of benzene rings is 2. The molecule has 6 heteroatoms. The van der Waals surface area contributed by atoms with Crippen molar-refractivity contribution in [2.24, 2.45) is 0 Å². The van der Waals surface area contributed by atoms with Gasteiger partial charge in [0.15, 0.2) is 0 Å². The first-order chi connectivity index (χ1) is 12.6. The molecule has 132 valence electrons. The molecule has 6 nitrogen and oxygen atoms in total. The molecule has 0 radical (unpaired) electrons. The van der Waals surface area contributed by atoms with E-state index in [9.17, 15) is 4.79 Å². The van der Waals surface area contributed by atoms with E-state index in [1.807, 2.05) is 43.3 Å². The monoisotopic (exact) mass is 348 g/mol. The second kappa shape index (κ2) is 8.11. The molecule has 0 atom stereocenters. The van der Waals surface area contributed by atoms with Crippen LogP contribution >= 0.6 is 0 Å². The molecule has 0 unspecified atom stereocenters. The van der Waals surface area contributed by atoms with Crippen LogP contribution in [-0.4, -0.2) is 22.5 Å². The van der Waals surface area contributed by atoms with Gasteiger partial charge in [-0.1, -0.05) is 18.2 Å². The molecule has 2 aromatic carbocycles. The van der Waals surface area contributed by atoms with Gasteiger partial charge in [-0.25, -0.2) is 9.78 Å². The first kappa shape index (κ1) is 17.4. The van der Waals surface area contributed by atoms with Crippen LogP contribution in [0.3, 0.4) is 0 Å². The highest BCUT2D eigenvalue weighted by Crippen LogP contribution is 2.19. The number of nitrogens with one attached hydrogen (secondary N) is 2. The molecule has 2 N–H and O–H groups in total. The van der Waals surface area contributed by atoms with Crippen molar-refractivity contribution in [1.82, 2.24) is 9.97 Å². The summed E-state index contributed by atoms with van der Waals surface area (Å²) in [5, 5.41) is 6.41. The van der Waals surface area contributed by atoms with Gasteiger partial charge in [-0.15, -0.1) is 0 Å². The summed E-state index contributed by atoms with van der Waals surface area (Å²) in [5.74, 6) is 0.849. The topological polar surface area (TPSA) is 76.1 Å². The quantitative estimate of drug-likeness (QED) is 0.641. The fourth-order valence-corrected chi connectivity index (χ4v) is 2.39. The molecule has 1 heterocycles. The fraction of sp³-hybridized carbons (Fsp3) is 0.150. The van der Waals surface area contributed by atoms with E-state index in [-0.39, 0.29) is 5.97 Å². The largest absolute Gasteiger partial charge is 0.462 e. The Morgan fingerprint density at radius 2 is 1.65 bits per heavy atom. The van der Waals surface area contributed by atoms with E-state index in [1.54, 1.807) is 31.2 Å². The van der Waals surface area contributed by atoms with E-state index in [1.165, 1.54) is 0 Å². The Bertz CT molecular complexity index is 880. The SMILES string of the molecule is CCOC(=O)c1ccc(Nc2nc(C)cc(Nc3ccccc3)n2)cc1. The van der Waals surface area contributed by atoms with Crippen molar-refractivity contribution >= 4 is 29.1 Å². The number of ether oxygens (including phenoxy) is 1. The third-order valence-corrected chi connectivity index (χ3v) is 3.55. The number of anilines is 4. The van der Waals surface area contributed by atoms with Crippen molar-refractivity contribution in [3.63, 3.8) is 0 Å². The zero-order chi connectivity index (χ0) is 18.4. The molecule has 26 heavy (non-hydrogen) atoms. The van der Waals surface area contributed by atoms with Gasteiger partial charge in [0.25, 0.3) is 0 Å². The van der Waals surface area contributed by atoms with Gasteiger partial charge in [-0.3, -0.25) is 0 Å². The molecular weight excluding hydrogens is 328 g/mol. The van der Waals surface area contributed by atoms with Crippen molar-refractivity contribution in [2.45, 2.75) is 13.8 Å². The lowest BCUT2D eigenvalue weighted by Crippen LogP contribution is -2.05. The molecule has 0 saturated carbocycles. The van der Waals surface area contributed by atoms with Gasteiger partial charge in [-0.2, -0.15) is 4.98 Å². The van der Waals surface area contributed by atoms with Crippen molar-refractivity contribution in [3.8, 4) is 0 Å². The molecule has 0 amide bonds. The van der Waals surface area contributed by atoms with Crippen LogP contribution in [0.25, 0.3) is 0 Å². The number of carbonyl (C=O) groups is 1. The summed E-state index contributed by atoms with van der Waals surface area (Å²) < 4.78 is 4.98. The smallest absolute Gasteiger partial charge is 0.338 e. The third-order valence-electron chi connectivity index (χ3n) is 3.55. The zero-order valence-electron chi connectivity index (χ0n) is 14.7. The summed E-state index contributed by atoms with van der Waals surface area (Å²) in [6.07, 6.45) is 0. The van der Waals surface area contributed by atoms with Crippen molar-refractivity contribution in [3.05, 3.63) is 71.9 Å². The number of esters is 1. The van der Waals surface area contributed by atoms with Gasteiger partial charge in [0.2, 0.25) is 5.95 Å². The van der Waals surface area contributed by atoms with Crippen molar-refractivity contribution in [2.75, 3.05) is 17.2 Å².